The lowest BCUT2D eigenvalue weighted by Crippen LogP contribution is -2.15. The predicted octanol–water partition coefficient (Wildman–Crippen LogP) is 5.77. The highest BCUT2D eigenvalue weighted by molar-refractivity contribution is 6.39. The minimum Gasteiger partial charge on any atom is -0.444 e. The van der Waals surface area contributed by atoms with Crippen LogP contribution in [0.2, 0.25) is 10.0 Å². The molecule has 146 valence electrons. The van der Waals surface area contributed by atoms with Gasteiger partial charge in [0.2, 0.25) is 0 Å². The molecule has 0 aliphatic rings. The van der Waals surface area contributed by atoms with Crippen molar-refractivity contribution in [2.45, 2.75) is 13.5 Å². The van der Waals surface area contributed by atoms with Gasteiger partial charge in [0.05, 0.1) is 10.0 Å². The predicted molar refractivity (Wildman–Crippen MR) is 111 cm³/mol. The Kier molecular flexibility index (Phi) is 6.11. The zero-order valence-corrected chi connectivity index (χ0v) is 17.1. The fourth-order valence-electron chi connectivity index (χ4n) is 2.63. The number of halogens is 2. The molecule has 0 fully saturated rings. The van der Waals surface area contributed by atoms with Gasteiger partial charge in [0, 0.05) is 25.3 Å². The second-order valence-electron chi connectivity index (χ2n) is 6.32. The lowest BCUT2D eigenvalue weighted by Gasteiger charge is -2.14. The molecule has 0 aliphatic carbocycles. The summed E-state index contributed by atoms with van der Waals surface area (Å²) in [5.74, 6) is 0.414. The number of benzene rings is 2. The summed E-state index contributed by atoms with van der Waals surface area (Å²) in [6.07, 6.45) is -0.633. The number of anilines is 2. The van der Waals surface area contributed by atoms with Gasteiger partial charge in [0.1, 0.15) is 18.0 Å². The van der Waals surface area contributed by atoms with Gasteiger partial charge in [0.25, 0.3) is 0 Å². The molecule has 1 aromatic heterocycles. The summed E-state index contributed by atoms with van der Waals surface area (Å²) < 4.78 is 10.6. The molecule has 0 radical (unpaired) electrons. The van der Waals surface area contributed by atoms with Crippen LogP contribution in [0, 0.1) is 6.92 Å². The third-order valence-electron chi connectivity index (χ3n) is 4.09. The first kappa shape index (κ1) is 20.0. The van der Waals surface area contributed by atoms with E-state index in [1.165, 1.54) is 0 Å². The number of ether oxygens (including phenoxy) is 1. The van der Waals surface area contributed by atoms with Gasteiger partial charge in [0.15, 0.2) is 5.76 Å². The molecule has 6 nitrogen and oxygen atoms in total. The van der Waals surface area contributed by atoms with Gasteiger partial charge in [-0.05, 0) is 36.8 Å². The van der Waals surface area contributed by atoms with Crippen LogP contribution in [0.15, 0.2) is 47.0 Å². The number of nitrogens with zero attached hydrogens (tertiary/aromatic N) is 2. The average molecular weight is 420 g/mol. The number of rotatable bonds is 5. The van der Waals surface area contributed by atoms with Crippen molar-refractivity contribution in [1.29, 1.82) is 0 Å². The van der Waals surface area contributed by atoms with Gasteiger partial charge in [-0.2, -0.15) is 0 Å². The first-order valence-corrected chi connectivity index (χ1v) is 9.23. The molecule has 0 atom stereocenters. The van der Waals surface area contributed by atoms with Crippen molar-refractivity contribution in [3.8, 4) is 11.3 Å². The Balaban J connectivity index is 1.75. The van der Waals surface area contributed by atoms with Crippen LogP contribution in [-0.4, -0.2) is 25.3 Å². The highest BCUT2D eigenvalue weighted by atomic mass is 35.5. The molecule has 8 heteroatoms. The number of carbonyl (C=O) groups excluding carboxylic acids is 1. The summed E-state index contributed by atoms with van der Waals surface area (Å²) in [4.78, 5) is 14.3. The SMILES string of the molecule is Cc1onc(-c2c(Cl)cccc2Cl)c1NC(=O)OCc1cccc(N(C)C)c1. The topological polar surface area (TPSA) is 67.6 Å². The molecule has 1 heterocycles. The highest BCUT2D eigenvalue weighted by Gasteiger charge is 2.21. The lowest BCUT2D eigenvalue weighted by molar-refractivity contribution is 0.155. The zero-order valence-electron chi connectivity index (χ0n) is 15.6. The molecule has 28 heavy (non-hydrogen) atoms. The number of aryl methyl sites for hydroxylation is 1. The first-order valence-electron chi connectivity index (χ1n) is 8.47. The first-order chi connectivity index (χ1) is 13.4. The number of amides is 1. The van der Waals surface area contributed by atoms with E-state index in [4.69, 9.17) is 32.5 Å². The van der Waals surface area contributed by atoms with Crippen LogP contribution in [0.1, 0.15) is 11.3 Å². The van der Waals surface area contributed by atoms with E-state index in [0.717, 1.165) is 11.3 Å². The Morgan fingerprint density at radius 3 is 2.54 bits per heavy atom. The standard InChI is InChI=1S/C20H19Cl2N3O3/c1-12-18(19(24-28-12)17-15(21)8-5-9-16(17)22)23-20(26)27-11-13-6-4-7-14(10-13)25(2)3/h4-10H,11H2,1-3H3,(H,23,26). The van der Waals surface area contributed by atoms with E-state index in [1.54, 1.807) is 25.1 Å². The van der Waals surface area contributed by atoms with Crippen LogP contribution < -0.4 is 10.2 Å². The van der Waals surface area contributed by atoms with Gasteiger partial charge in [-0.3, -0.25) is 5.32 Å². The average Bonchev–Trinajstić information content (AvgIpc) is 3.00. The minimum atomic E-state index is -0.633. The molecule has 1 amide bonds. The van der Waals surface area contributed by atoms with E-state index in [2.05, 4.69) is 10.5 Å². The summed E-state index contributed by atoms with van der Waals surface area (Å²) in [6, 6.07) is 12.8. The molecule has 1 N–H and O–H groups in total. The van der Waals surface area contributed by atoms with Crippen molar-refractivity contribution in [3.63, 3.8) is 0 Å². The Morgan fingerprint density at radius 1 is 1.18 bits per heavy atom. The maximum absolute atomic E-state index is 12.3. The molecule has 0 bridgehead atoms. The van der Waals surface area contributed by atoms with Gasteiger partial charge < -0.3 is 14.2 Å². The van der Waals surface area contributed by atoms with Crippen LogP contribution in [-0.2, 0) is 11.3 Å². The summed E-state index contributed by atoms with van der Waals surface area (Å²) in [7, 11) is 3.89. The number of aromatic nitrogens is 1. The van der Waals surface area contributed by atoms with Gasteiger partial charge >= 0.3 is 6.09 Å². The zero-order chi connectivity index (χ0) is 20.3. The molecule has 0 spiro atoms. The van der Waals surface area contributed by atoms with Gasteiger partial charge in [-0.15, -0.1) is 0 Å². The fraction of sp³-hybridized carbons (Fsp3) is 0.200. The smallest absolute Gasteiger partial charge is 0.412 e. The number of hydrogen-bond donors (Lipinski definition) is 1. The molecule has 0 aliphatic heterocycles. The van der Waals surface area contributed by atoms with Crippen molar-refractivity contribution < 1.29 is 14.1 Å². The number of carbonyl (C=O) groups is 1. The summed E-state index contributed by atoms with van der Waals surface area (Å²) in [6.45, 7) is 1.80. The minimum absolute atomic E-state index is 0.125. The number of hydrogen-bond acceptors (Lipinski definition) is 5. The van der Waals surface area contributed by atoms with Crippen LogP contribution in [0.25, 0.3) is 11.3 Å². The van der Waals surface area contributed by atoms with E-state index in [-0.39, 0.29) is 6.61 Å². The molecule has 2 aromatic carbocycles. The van der Waals surface area contributed by atoms with Crippen molar-refractivity contribution in [1.82, 2.24) is 5.16 Å². The fourth-order valence-corrected chi connectivity index (χ4v) is 3.20. The number of nitrogens with one attached hydrogen (secondary N) is 1. The molecule has 0 saturated carbocycles. The van der Waals surface area contributed by atoms with Gasteiger partial charge in [-0.1, -0.05) is 46.6 Å². The van der Waals surface area contributed by atoms with E-state index < -0.39 is 6.09 Å². The second kappa shape index (κ2) is 8.54. The van der Waals surface area contributed by atoms with Crippen molar-refractivity contribution in [3.05, 3.63) is 63.8 Å². The van der Waals surface area contributed by atoms with Crippen molar-refractivity contribution in [2.24, 2.45) is 0 Å². The van der Waals surface area contributed by atoms with Crippen LogP contribution in [0.5, 0.6) is 0 Å². The molecule has 0 unspecified atom stereocenters. The van der Waals surface area contributed by atoms with Crippen LogP contribution in [0.4, 0.5) is 16.2 Å². The van der Waals surface area contributed by atoms with E-state index in [9.17, 15) is 4.79 Å². The van der Waals surface area contributed by atoms with Crippen molar-refractivity contribution >= 4 is 40.7 Å². The van der Waals surface area contributed by atoms with Gasteiger partial charge in [-0.25, -0.2) is 4.79 Å². The highest BCUT2D eigenvalue weighted by Crippen LogP contribution is 2.39. The molecule has 0 saturated heterocycles. The maximum atomic E-state index is 12.3. The quantitative estimate of drug-likeness (QED) is 0.568. The monoisotopic (exact) mass is 419 g/mol. The normalized spacial score (nSPS) is 10.6. The Morgan fingerprint density at radius 2 is 1.86 bits per heavy atom. The Labute approximate surface area is 173 Å². The summed E-state index contributed by atoms with van der Waals surface area (Å²) >= 11 is 12.5. The molecule has 3 aromatic rings. The van der Waals surface area contributed by atoms with E-state index >= 15 is 0 Å². The van der Waals surface area contributed by atoms with E-state index in [0.29, 0.717) is 32.8 Å². The second-order valence-corrected chi connectivity index (χ2v) is 7.14. The Hall–Kier alpha value is -2.70. The third-order valence-corrected chi connectivity index (χ3v) is 4.72. The Bertz CT molecular complexity index is 982. The summed E-state index contributed by atoms with van der Waals surface area (Å²) in [5, 5.41) is 7.47. The third kappa shape index (κ3) is 4.40. The lowest BCUT2D eigenvalue weighted by atomic mass is 10.1. The largest absolute Gasteiger partial charge is 0.444 e. The van der Waals surface area contributed by atoms with E-state index in [1.807, 2.05) is 43.3 Å². The maximum Gasteiger partial charge on any atom is 0.412 e. The van der Waals surface area contributed by atoms with Crippen molar-refractivity contribution in [2.75, 3.05) is 24.3 Å². The van der Waals surface area contributed by atoms with Crippen LogP contribution in [0.3, 0.4) is 0 Å². The van der Waals surface area contributed by atoms with Crippen LogP contribution >= 0.6 is 23.2 Å². The molecular weight excluding hydrogens is 401 g/mol. The molecular formula is C20H19Cl2N3O3. The summed E-state index contributed by atoms with van der Waals surface area (Å²) in [5.41, 5.74) is 3.09. The molecule has 3 rings (SSSR count).